The van der Waals surface area contributed by atoms with Crippen LogP contribution >= 0.6 is 11.8 Å². The fourth-order valence-electron chi connectivity index (χ4n) is 5.39. The maximum absolute atomic E-state index is 14.3. The van der Waals surface area contributed by atoms with E-state index in [0.717, 1.165) is 34.7 Å². The van der Waals surface area contributed by atoms with E-state index in [2.05, 4.69) is 0 Å². The summed E-state index contributed by atoms with van der Waals surface area (Å²) in [6.07, 6.45) is -8.84. The first kappa shape index (κ1) is 39.9. The number of carbonyl (C=O) groups is 2. The lowest BCUT2D eigenvalue weighted by atomic mass is 9.91. The summed E-state index contributed by atoms with van der Waals surface area (Å²) in [4.78, 5) is 22.3. The molecule has 52 heavy (non-hydrogen) atoms. The first-order valence-corrected chi connectivity index (χ1v) is 17.1. The number of thioether (sulfide) groups is 1. The molecule has 0 spiro atoms. The minimum atomic E-state index is -4.92. The first-order chi connectivity index (χ1) is 24.5. The van der Waals surface area contributed by atoms with Crippen molar-refractivity contribution < 1.29 is 60.4 Å². The Morgan fingerprint density at radius 1 is 0.635 bits per heavy atom. The number of carboxylic acids is 2. The largest absolute Gasteiger partial charge is 0.494 e. The van der Waals surface area contributed by atoms with Crippen molar-refractivity contribution in [3.63, 3.8) is 0 Å². The highest BCUT2D eigenvalue weighted by atomic mass is 32.2. The fraction of sp³-hybridized carbons (Fsp3) is 0.316. The van der Waals surface area contributed by atoms with Gasteiger partial charge in [-0.3, -0.25) is 4.79 Å². The Balaban J connectivity index is 1.41. The zero-order valence-corrected chi connectivity index (χ0v) is 29.0. The molecular weight excluding hydrogens is 714 g/mol. The third kappa shape index (κ3) is 11.6. The number of rotatable bonds is 17. The molecule has 14 heteroatoms. The van der Waals surface area contributed by atoms with Gasteiger partial charge < -0.3 is 24.4 Å². The average molecular weight is 751 g/mol. The fourth-order valence-corrected chi connectivity index (χ4v) is 6.12. The normalized spacial score (nSPS) is 11.7. The topological polar surface area (TPSA) is 102 Å². The van der Waals surface area contributed by atoms with Crippen LogP contribution in [0.4, 0.5) is 26.3 Å². The molecule has 278 valence electrons. The summed E-state index contributed by atoms with van der Waals surface area (Å²) in [5.41, 5.74) is -1.47. The van der Waals surface area contributed by atoms with Gasteiger partial charge in [0.15, 0.2) is 6.61 Å². The molecule has 0 saturated carbocycles. The van der Waals surface area contributed by atoms with Crippen molar-refractivity contribution in [2.45, 2.75) is 56.8 Å². The molecule has 0 atom stereocenters. The van der Waals surface area contributed by atoms with Crippen LogP contribution in [0.2, 0.25) is 0 Å². The molecule has 0 aromatic heterocycles. The maximum Gasteiger partial charge on any atom is 0.417 e. The van der Waals surface area contributed by atoms with Crippen molar-refractivity contribution in [1.29, 1.82) is 0 Å². The Labute approximate surface area is 300 Å². The minimum absolute atomic E-state index is 0.0892. The lowest BCUT2D eigenvalue weighted by Gasteiger charge is -2.19. The lowest BCUT2D eigenvalue weighted by molar-refractivity contribution is -0.139. The highest BCUT2D eigenvalue weighted by Crippen LogP contribution is 2.43. The number of carboxylic acid groups (broad SMARTS) is 2. The molecule has 0 unspecified atom stereocenters. The van der Waals surface area contributed by atoms with E-state index in [4.69, 9.17) is 24.4 Å². The second-order valence-electron chi connectivity index (χ2n) is 11.9. The van der Waals surface area contributed by atoms with E-state index >= 15 is 0 Å². The van der Waals surface area contributed by atoms with Crippen LogP contribution in [-0.2, 0) is 34.8 Å². The van der Waals surface area contributed by atoms with Crippen LogP contribution in [-0.4, -0.2) is 47.7 Å². The summed E-state index contributed by atoms with van der Waals surface area (Å²) < 4.78 is 102. The van der Waals surface area contributed by atoms with Crippen molar-refractivity contribution in [2.24, 2.45) is 0 Å². The Kier molecular flexibility index (Phi) is 13.5. The van der Waals surface area contributed by atoms with Crippen LogP contribution in [0.25, 0.3) is 11.1 Å². The van der Waals surface area contributed by atoms with E-state index in [1.807, 2.05) is 0 Å². The molecule has 0 amide bonds. The Hall–Kier alpha value is -4.85. The number of benzene rings is 4. The molecule has 0 saturated heterocycles. The van der Waals surface area contributed by atoms with Gasteiger partial charge in [-0.15, -0.1) is 11.8 Å². The van der Waals surface area contributed by atoms with Gasteiger partial charge in [0.2, 0.25) is 0 Å². The molecule has 7 nitrogen and oxygen atoms in total. The molecule has 4 rings (SSSR count). The number of halogens is 6. The lowest BCUT2D eigenvalue weighted by Crippen LogP contribution is -2.13. The van der Waals surface area contributed by atoms with Crippen molar-refractivity contribution >= 4 is 23.7 Å². The number of aryl methyl sites for hydroxylation is 4. The molecule has 4 aromatic rings. The van der Waals surface area contributed by atoms with Gasteiger partial charge in [-0.2, -0.15) is 26.3 Å². The molecule has 0 radical (unpaired) electrons. The van der Waals surface area contributed by atoms with Crippen molar-refractivity contribution in [3.05, 3.63) is 106 Å². The number of alkyl halides is 6. The van der Waals surface area contributed by atoms with Gasteiger partial charge in [-0.25, -0.2) is 4.79 Å². The summed E-state index contributed by atoms with van der Waals surface area (Å²) in [6, 6.07) is 16.6. The highest BCUT2D eigenvalue weighted by molar-refractivity contribution is 8.00. The molecule has 2 N–H and O–H groups in total. The average Bonchev–Trinajstić information content (AvgIpc) is 3.07. The Morgan fingerprint density at radius 3 is 1.58 bits per heavy atom. The second-order valence-corrected chi connectivity index (χ2v) is 12.9. The summed E-state index contributed by atoms with van der Waals surface area (Å²) >= 11 is 1.17. The number of hydrogen-bond donors (Lipinski definition) is 2. The van der Waals surface area contributed by atoms with Crippen LogP contribution in [0.3, 0.4) is 0 Å². The van der Waals surface area contributed by atoms with Crippen LogP contribution in [0.1, 0.15) is 46.2 Å². The van der Waals surface area contributed by atoms with E-state index in [1.165, 1.54) is 23.9 Å². The molecule has 0 aliphatic rings. The number of aliphatic carboxylic acids is 2. The smallest absolute Gasteiger partial charge is 0.417 e. The molecule has 0 aliphatic heterocycles. The molecular formula is C38H36F6O7S. The van der Waals surface area contributed by atoms with Gasteiger partial charge in [0.25, 0.3) is 0 Å². The van der Waals surface area contributed by atoms with Crippen molar-refractivity contribution in [2.75, 3.05) is 25.6 Å². The van der Waals surface area contributed by atoms with Crippen LogP contribution in [0, 0.1) is 13.8 Å². The Bertz CT molecular complexity index is 1740. The third-order valence-corrected chi connectivity index (χ3v) is 8.98. The quantitative estimate of drug-likeness (QED) is 0.0625. The van der Waals surface area contributed by atoms with Crippen LogP contribution in [0.15, 0.2) is 77.7 Å². The van der Waals surface area contributed by atoms with Gasteiger partial charge in [0.1, 0.15) is 17.2 Å². The van der Waals surface area contributed by atoms with Crippen molar-refractivity contribution in [1.82, 2.24) is 0 Å². The van der Waals surface area contributed by atoms with Crippen LogP contribution in [0.5, 0.6) is 17.2 Å². The van der Waals surface area contributed by atoms with E-state index in [0.29, 0.717) is 41.2 Å². The standard InChI is InChI=1S/C38H36F6O7S/c1-23-17-27(9-13-33(23)51-21-35(45)46)49-15-3-5-25-7-11-29(31(19-25)37(39,40)41)30-12-8-26(20-32(30)38(42,43)44)6-4-16-50-28-10-14-34(24(2)18-28)52-22-36(47)48/h7-14,17-20H,3-6,15-16,21-22H2,1-2H3,(H,45,46)(H,47,48). The molecule has 0 heterocycles. The predicted octanol–water partition coefficient (Wildman–Crippen LogP) is 9.67. The SMILES string of the molecule is Cc1cc(OCCCc2ccc(-c3ccc(CCCOc4ccc(SCC(=O)O)c(C)c4)cc3C(F)(F)F)c(C(F)(F)F)c2)ccc1OCC(=O)O. The summed E-state index contributed by atoms with van der Waals surface area (Å²) in [6.45, 7) is 3.32. The van der Waals surface area contributed by atoms with E-state index < -0.39 is 53.2 Å². The molecule has 4 aromatic carbocycles. The minimum Gasteiger partial charge on any atom is -0.494 e. The van der Waals surface area contributed by atoms with Crippen LogP contribution < -0.4 is 14.2 Å². The molecule has 0 fully saturated rings. The monoisotopic (exact) mass is 750 g/mol. The molecule has 0 aliphatic carbocycles. The Morgan fingerprint density at radius 2 is 1.13 bits per heavy atom. The summed E-state index contributed by atoms with van der Waals surface area (Å²) in [5.74, 6) is -0.809. The number of hydrogen-bond acceptors (Lipinski definition) is 6. The molecule has 0 bridgehead atoms. The summed E-state index contributed by atoms with van der Waals surface area (Å²) in [7, 11) is 0. The highest BCUT2D eigenvalue weighted by Gasteiger charge is 2.38. The maximum atomic E-state index is 14.3. The van der Waals surface area contributed by atoms with Gasteiger partial charge >= 0.3 is 24.3 Å². The zero-order chi connectivity index (χ0) is 38.1. The van der Waals surface area contributed by atoms with Gasteiger partial charge in [0.05, 0.1) is 30.1 Å². The van der Waals surface area contributed by atoms with E-state index in [-0.39, 0.29) is 37.4 Å². The zero-order valence-electron chi connectivity index (χ0n) is 28.2. The first-order valence-electron chi connectivity index (χ1n) is 16.1. The van der Waals surface area contributed by atoms with Gasteiger partial charge in [-0.1, -0.05) is 24.3 Å². The van der Waals surface area contributed by atoms with Gasteiger partial charge in [-0.05, 0) is 121 Å². The van der Waals surface area contributed by atoms with Gasteiger partial charge in [0, 0.05) is 4.90 Å². The van der Waals surface area contributed by atoms with E-state index in [9.17, 15) is 35.9 Å². The van der Waals surface area contributed by atoms with E-state index in [1.54, 1.807) is 50.2 Å². The predicted molar refractivity (Wildman–Crippen MR) is 183 cm³/mol. The summed E-state index contributed by atoms with van der Waals surface area (Å²) in [5, 5.41) is 17.6. The van der Waals surface area contributed by atoms with Crippen molar-refractivity contribution in [3.8, 4) is 28.4 Å². The third-order valence-electron chi connectivity index (χ3n) is 7.82. The number of ether oxygens (including phenoxy) is 3. The second kappa shape index (κ2) is 17.6.